The number of nitrogens with one attached hydrogen (secondary N) is 2. The number of carboxylic acid groups (broad SMARTS) is 1. The van der Waals surface area contributed by atoms with E-state index in [1.807, 2.05) is 6.92 Å². The molecule has 1 fully saturated rings. The van der Waals surface area contributed by atoms with Gasteiger partial charge in [-0.1, -0.05) is 29.4 Å². The Balaban J connectivity index is 1.59. The van der Waals surface area contributed by atoms with Crippen molar-refractivity contribution in [2.45, 2.75) is 23.6 Å². The van der Waals surface area contributed by atoms with Crippen LogP contribution >= 0.6 is 11.8 Å². The molecule has 0 saturated carbocycles. The third-order valence-electron chi connectivity index (χ3n) is 4.95. The highest BCUT2D eigenvalue weighted by atomic mass is 32.2. The van der Waals surface area contributed by atoms with Crippen LogP contribution in [0, 0.1) is 0 Å². The number of hydrogen-bond donors (Lipinski definition) is 3. The number of para-hydroxylation sites is 1. The predicted molar refractivity (Wildman–Crippen MR) is 123 cm³/mol. The molecular formula is C22H19N5O6S. The van der Waals surface area contributed by atoms with Gasteiger partial charge in [0.1, 0.15) is 28.6 Å². The van der Waals surface area contributed by atoms with E-state index in [1.165, 1.54) is 30.0 Å². The van der Waals surface area contributed by atoms with Gasteiger partial charge < -0.3 is 20.6 Å². The summed E-state index contributed by atoms with van der Waals surface area (Å²) in [6, 6.07) is 12.2. The Hall–Kier alpha value is -4.19. The minimum Gasteiger partial charge on any atom is -0.477 e. The first kappa shape index (κ1) is 23.0. The maximum Gasteiger partial charge on any atom is 0.352 e. The van der Waals surface area contributed by atoms with Gasteiger partial charge in [-0.2, -0.15) is 0 Å². The highest BCUT2D eigenvalue weighted by Gasteiger charge is 2.54. The van der Waals surface area contributed by atoms with Crippen molar-refractivity contribution in [3.63, 3.8) is 0 Å². The lowest BCUT2D eigenvalue weighted by atomic mass is 10.0. The molecule has 1 saturated heterocycles. The molecule has 2 aliphatic rings. The lowest BCUT2D eigenvalue weighted by Gasteiger charge is -2.49. The van der Waals surface area contributed by atoms with Crippen LogP contribution in [0.15, 0.2) is 65.5 Å². The summed E-state index contributed by atoms with van der Waals surface area (Å²) in [7, 11) is 0. The fourth-order valence-corrected chi connectivity index (χ4v) is 4.76. The van der Waals surface area contributed by atoms with Crippen LogP contribution in [-0.2, 0) is 19.2 Å². The Morgan fingerprint density at radius 1 is 1.21 bits per heavy atom. The number of benzene rings is 1. The first-order valence-electron chi connectivity index (χ1n) is 10.1. The Labute approximate surface area is 197 Å². The molecule has 1 aromatic carbocycles. The number of oxime groups is 1. The number of thioether (sulfide) groups is 1. The maximum absolute atomic E-state index is 13.2. The molecule has 3 N–H and O–H groups in total. The number of amides is 3. The number of anilines is 1. The zero-order chi connectivity index (χ0) is 24.2. The van der Waals surface area contributed by atoms with Gasteiger partial charge in [0, 0.05) is 5.25 Å². The topological polar surface area (TPSA) is 150 Å². The maximum atomic E-state index is 13.2. The molecule has 3 heterocycles. The number of fused-ring (bicyclic) bond motifs is 1. The zero-order valence-corrected chi connectivity index (χ0v) is 18.6. The largest absolute Gasteiger partial charge is 0.477 e. The van der Waals surface area contributed by atoms with Crippen LogP contribution in [0.5, 0.6) is 5.75 Å². The van der Waals surface area contributed by atoms with E-state index in [4.69, 9.17) is 4.84 Å². The molecule has 0 spiro atoms. The Morgan fingerprint density at radius 3 is 2.68 bits per heavy atom. The summed E-state index contributed by atoms with van der Waals surface area (Å²) < 4.78 is 0. The lowest BCUT2D eigenvalue weighted by molar-refractivity contribution is -0.150. The van der Waals surface area contributed by atoms with Crippen LogP contribution in [0.25, 0.3) is 0 Å². The molecule has 2 aliphatic heterocycles. The van der Waals surface area contributed by atoms with Crippen molar-refractivity contribution in [3.8, 4) is 5.75 Å². The van der Waals surface area contributed by atoms with Gasteiger partial charge in [0.15, 0.2) is 11.5 Å². The van der Waals surface area contributed by atoms with Crippen molar-refractivity contribution >= 4 is 47.5 Å². The van der Waals surface area contributed by atoms with E-state index in [0.717, 1.165) is 4.90 Å². The van der Waals surface area contributed by atoms with Gasteiger partial charge in [0.2, 0.25) is 6.41 Å². The normalized spacial score (nSPS) is 21.5. The van der Waals surface area contributed by atoms with Crippen molar-refractivity contribution in [3.05, 3.63) is 66.0 Å². The minimum absolute atomic E-state index is 0.0969. The fraction of sp³-hybridized carbons (Fsp3) is 0.182. The van der Waals surface area contributed by atoms with Crippen LogP contribution in [0.3, 0.4) is 0 Å². The first-order valence-corrected chi connectivity index (χ1v) is 11.1. The summed E-state index contributed by atoms with van der Waals surface area (Å²) in [6.45, 7) is 1.81. The smallest absolute Gasteiger partial charge is 0.352 e. The molecule has 12 heteroatoms. The highest BCUT2D eigenvalue weighted by Crippen LogP contribution is 2.40. The molecule has 2 unspecified atom stereocenters. The van der Waals surface area contributed by atoms with E-state index in [1.54, 1.807) is 36.4 Å². The number of aliphatic carboxylic acids is 1. The predicted octanol–water partition coefficient (Wildman–Crippen LogP) is 1.19. The molecule has 0 aliphatic carbocycles. The summed E-state index contributed by atoms with van der Waals surface area (Å²) >= 11 is 1.35. The molecule has 3 atom stereocenters. The standard InChI is InChI=1S/C22H19N5O6S/c1-12-10-15(22(31)32)27-20(30)18(21(27)34-12)25-19(29)17(26-33-13-6-3-2-4-7-13)14-8-5-9-16(24-14)23-11-28/h2-12,18,21H,1H3,(H,25,29)(H,31,32)(H,23,24,28)/t12?,18?,21-/m1/s1. The van der Waals surface area contributed by atoms with Crippen molar-refractivity contribution in [1.29, 1.82) is 0 Å². The van der Waals surface area contributed by atoms with Gasteiger partial charge in [-0.25, -0.2) is 9.78 Å². The van der Waals surface area contributed by atoms with E-state index >= 15 is 0 Å². The Kier molecular flexibility index (Phi) is 6.59. The first-order chi connectivity index (χ1) is 16.4. The summed E-state index contributed by atoms with van der Waals surface area (Å²) in [6.07, 6.45) is 1.94. The quantitative estimate of drug-likeness (QED) is 0.220. The van der Waals surface area contributed by atoms with E-state index in [0.29, 0.717) is 12.2 Å². The second-order valence-electron chi connectivity index (χ2n) is 7.26. The number of pyridine rings is 1. The molecule has 1 aromatic heterocycles. The molecule has 3 amide bonds. The SMILES string of the molecule is CC1C=C(C(=O)O)N2C(=O)C(NC(=O)C(=NOc3ccccc3)c3cccc(NC=O)n3)[C@H]2S1. The second-order valence-corrected chi connectivity index (χ2v) is 8.76. The molecule has 4 rings (SSSR count). The van der Waals surface area contributed by atoms with E-state index in [2.05, 4.69) is 20.8 Å². The summed E-state index contributed by atoms with van der Waals surface area (Å²) in [5.41, 5.74) is -0.241. The van der Waals surface area contributed by atoms with Gasteiger partial charge >= 0.3 is 5.97 Å². The second kappa shape index (κ2) is 9.75. The number of aromatic nitrogens is 1. The van der Waals surface area contributed by atoms with Crippen molar-refractivity contribution < 1.29 is 29.1 Å². The molecule has 0 bridgehead atoms. The zero-order valence-electron chi connectivity index (χ0n) is 17.7. The van der Waals surface area contributed by atoms with Crippen molar-refractivity contribution in [1.82, 2.24) is 15.2 Å². The summed E-state index contributed by atoms with van der Waals surface area (Å²) in [4.78, 5) is 58.9. The Morgan fingerprint density at radius 2 is 1.97 bits per heavy atom. The van der Waals surface area contributed by atoms with Gasteiger partial charge in [0.05, 0.1) is 0 Å². The molecule has 174 valence electrons. The van der Waals surface area contributed by atoms with Crippen LogP contribution in [0.4, 0.5) is 5.82 Å². The minimum atomic E-state index is -1.21. The van der Waals surface area contributed by atoms with Gasteiger partial charge in [-0.05, 0) is 37.3 Å². The number of carboxylic acids is 1. The highest BCUT2D eigenvalue weighted by molar-refractivity contribution is 8.00. The van der Waals surface area contributed by atoms with Crippen LogP contribution in [0.2, 0.25) is 0 Å². The monoisotopic (exact) mass is 481 g/mol. The molecule has 11 nitrogen and oxygen atoms in total. The number of hydrogen-bond acceptors (Lipinski definition) is 8. The van der Waals surface area contributed by atoms with Crippen LogP contribution < -0.4 is 15.5 Å². The van der Waals surface area contributed by atoms with Gasteiger partial charge in [-0.15, -0.1) is 11.8 Å². The molecule has 0 radical (unpaired) electrons. The van der Waals surface area contributed by atoms with Gasteiger partial charge in [0.25, 0.3) is 11.8 Å². The van der Waals surface area contributed by atoms with E-state index in [9.17, 15) is 24.3 Å². The summed E-state index contributed by atoms with van der Waals surface area (Å²) in [5.74, 6) is -1.94. The average Bonchev–Trinajstić information content (AvgIpc) is 2.83. The van der Waals surface area contributed by atoms with E-state index < -0.39 is 29.2 Å². The van der Waals surface area contributed by atoms with Crippen LogP contribution in [0.1, 0.15) is 12.6 Å². The molecule has 34 heavy (non-hydrogen) atoms. The third-order valence-corrected chi connectivity index (χ3v) is 6.28. The van der Waals surface area contributed by atoms with Crippen molar-refractivity contribution in [2.24, 2.45) is 5.16 Å². The number of β-lactam (4-membered cyclic amide) rings is 1. The lowest BCUT2D eigenvalue weighted by Crippen LogP contribution is -2.71. The fourth-order valence-electron chi connectivity index (χ4n) is 3.43. The van der Waals surface area contributed by atoms with Gasteiger partial charge in [-0.3, -0.25) is 19.3 Å². The molecular weight excluding hydrogens is 462 g/mol. The number of nitrogens with zero attached hydrogens (tertiary/aromatic N) is 3. The van der Waals surface area contributed by atoms with E-state index in [-0.39, 0.29) is 28.2 Å². The number of carbonyl (C=O) groups excluding carboxylic acids is 3. The third kappa shape index (κ3) is 4.62. The van der Waals surface area contributed by atoms with Crippen molar-refractivity contribution in [2.75, 3.05) is 5.32 Å². The average molecular weight is 481 g/mol. The number of carbonyl (C=O) groups is 4. The molecule has 2 aromatic rings. The summed E-state index contributed by atoms with van der Waals surface area (Å²) in [5, 5.41) is 17.6. The van der Waals surface area contributed by atoms with Crippen LogP contribution in [-0.4, -0.2) is 61.6 Å². The number of rotatable bonds is 8. The Bertz CT molecular complexity index is 1200.